The van der Waals surface area contributed by atoms with Gasteiger partial charge in [-0.2, -0.15) is 5.10 Å². The molecule has 1 aliphatic heterocycles. The van der Waals surface area contributed by atoms with Gasteiger partial charge >= 0.3 is 0 Å². The zero-order valence-electron chi connectivity index (χ0n) is 13.1. The molecule has 0 bridgehead atoms. The molecular formula is C17H25N5. The summed E-state index contributed by atoms with van der Waals surface area (Å²) in [5, 5.41) is 4.15. The van der Waals surface area contributed by atoms with Crippen molar-refractivity contribution in [1.82, 2.24) is 24.6 Å². The summed E-state index contributed by atoms with van der Waals surface area (Å²) in [5.74, 6) is 0. The van der Waals surface area contributed by atoms with E-state index in [0.29, 0.717) is 0 Å². The van der Waals surface area contributed by atoms with Gasteiger partial charge in [0.25, 0.3) is 0 Å². The second-order valence-corrected chi connectivity index (χ2v) is 5.93. The number of hydrogen-bond donors (Lipinski definition) is 0. The highest BCUT2D eigenvalue weighted by molar-refractivity contribution is 5.14. The molecule has 2 heterocycles. The minimum absolute atomic E-state index is 0.938. The Bertz CT molecular complexity index is 517. The Hall–Kier alpha value is -1.72. The molecule has 0 aliphatic carbocycles. The summed E-state index contributed by atoms with van der Waals surface area (Å²) < 4.78 is 1.91. The molecule has 0 radical (unpaired) electrons. The second-order valence-electron chi connectivity index (χ2n) is 5.93. The maximum absolute atomic E-state index is 4.15. The largest absolute Gasteiger partial charge is 0.301 e. The van der Waals surface area contributed by atoms with E-state index in [2.05, 4.69) is 50.2 Å². The molecule has 3 rings (SSSR count). The molecule has 0 amide bonds. The number of aryl methyl sites for hydroxylation is 1. The van der Waals surface area contributed by atoms with Crippen molar-refractivity contribution >= 4 is 0 Å². The van der Waals surface area contributed by atoms with Crippen LogP contribution in [0.15, 0.2) is 43.0 Å². The molecule has 5 nitrogen and oxygen atoms in total. The van der Waals surface area contributed by atoms with E-state index in [1.165, 1.54) is 51.1 Å². The van der Waals surface area contributed by atoms with Crippen LogP contribution >= 0.6 is 0 Å². The van der Waals surface area contributed by atoms with Gasteiger partial charge in [0.2, 0.25) is 0 Å². The first-order valence-corrected chi connectivity index (χ1v) is 8.21. The van der Waals surface area contributed by atoms with Gasteiger partial charge in [0, 0.05) is 32.7 Å². The van der Waals surface area contributed by atoms with Crippen LogP contribution in [0.1, 0.15) is 12.0 Å². The standard InChI is InChI=1S/C17H25N5/c1-2-5-17(6-3-1)7-4-8-20-9-11-21(12-10-20)13-14-22-16-18-15-19-22/h1-3,5-6,15-16H,4,7-14H2. The van der Waals surface area contributed by atoms with Crippen LogP contribution in [-0.4, -0.2) is 63.8 Å². The summed E-state index contributed by atoms with van der Waals surface area (Å²) in [5.41, 5.74) is 1.45. The number of aromatic nitrogens is 3. The van der Waals surface area contributed by atoms with E-state index < -0.39 is 0 Å². The summed E-state index contributed by atoms with van der Waals surface area (Å²) >= 11 is 0. The minimum Gasteiger partial charge on any atom is -0.301 e. The highest BCUT2D eigenvalue weighted by Crippen LogP contribution is 2.06. The molecule has 22 heavy (non-hydrogen) atoms. The Morgan fingerprint density at radius 1 is 0.864 bits per heavy atom. The Balaban J connectivity index is 1.30. The van der Waals surface area contributed by atoms with Crippen LogP contribution in [0.4, 0.5) is 0 Å². The van der Waals surface area contributed by atoms with Gasteiger partial charge in [-0.3, -0.25) is 9.58 Å². The monoisotopic (exact) mass is 299 g/mol. The fraction of sp³-hybridized carbons (Fsp3) is 0.529. The van der Waals surface area contributed by atoms with Gasteiger partial charge < -0.3 is 4.90 Å². The quantitative estimate of drug-likeness (QED) is 0.777. The Morgan fingerprint density at radius 3 is 2.27 bits per heavy atom. The van der Waals surface area contributed by atoms with Crippen LogP contribution in [0.3, 0.4) is 0 Å². The Kier molecular flexibility index (Phi) is 5.56. The van der Waals surface area contributed by atoms with Crippen molar-refractivity contribution in [1.29, 1.82) is 0 Å². The highest BCUT2D eigenvalue weighted by Gasteiger charge is 2.16. The van der Waals surface area contributed by atoms with Gasteiger partial charge in [0.05, 0.1) is 6.54 Å². The van der Waals surface area contributed by atoms with Gasteiger partial charge in [-0.05, 0) is 24.9 Å². The summed E-state index contributed by atoms with van der Waals surface area (Å²) in [7, 11) is 0. The number of benzene rings is 1. The van der Waals surface area contributed by atoms with Crippen LogP contribution in [-0.2, 0) is 13.0 Å². The number of rotatable bonds is 7. The molecule has 0 unspecified atom stereocenters. The third-order valence-electron chi connectivity index (χ3n) is 4.36. The maximum Gasteiger partial charge on any atom is 0.137 e. The molecule has 1 aromatic carbocycles. The van der Waals surface area contributed by atoms with Crippen molar-refractivity contribution in [2.75, 3.05) is 39.3 Å². The van der Waals surface area contributed by atoms with Crippen LogP contribution in [0, 0.1) is 0 Å². The van der Waals surface area contributed by atoms with E-state index in [1.54, 1.807) is 12.7 Å². The molecule has 2 aromatic rings. The summed E-state index contributed by atoms with van der Waals surface area (Å²) in [6.07, 6.45) is 5.83. The first-order valence-electron chi connectivity index (χ1n) is 8.21. The third-order valence-corrected chi connectivity index (χ3v) is 4.36. The molecule has 5 heteroatoms. The fourth-order valence-electron chi connectivity index (χ4n) is 2.98. The van der Waals surface area contributed by atoms with Crippen molar-refractivity contribution in [2.45, 2.75) is 19.4 Å². The predicted octanol–water partition coefficient (Wildman–Crippen LogP) is 1.53. The Labute approximate surface area is 132 Å². The third kappa shape index (κ3) is 4.64. The topological polar surface area (TPSA) is 37.2 Å². The van der Waals surface area contributed by atoms with E-state index in [-0.39, 0.29) is 0 Å². The lowest BCUT2D eigenvalue weighted by Crippen LogP contribution is -2.47. The summed E-state index contributed by atoms with van der Waals surface area (Å²) in [4.78, 5) is 9.10. The lowest BCUT2D eigenvalue weighted by atomic mass is 10.1. The first kappa shape index (κ1) is 15.2. The van der Waals surface area contributed by atoms with Crippen LogP contribution in [0.2, 0.25) is 0 Å². The van der Waals surface area contributed by atoms with Gasteiger partial charge in [0.15, 0.2) is 0 Å². The normalized spacial score (nSPS) is 16.9. The average molecular weight is 299 g/mol. The number of nitrogens with zero attached hydrogens (tertiary/aromatic N) is 5. The Morgan fingerprint density at radius 2 is 1.59 bits per heavy atom. The van der Waals surface area contributed by atoms with E-state index in [1.807, 2.05) is 4.68 Å². The lowest BCUT2D eigenvalue weighted by Gasteiger charge is -2.34. The predicted molar refractivity (Wildman–Crippen MR) is 87.7 cm³/mol. The molecular weight excluding hydrogens is 274 g/mol. The fourth-order valence-corrected chi connectivity index (χ4v) is 2.98. The van der Waals surface area contributed by atoms with Crippen molar-refractivity contribution < 1.29 is 0 Å². The molecule has 1 saturated heterocycles. The molecule has 0 atom stereocenters. The zero-order chi connectivity index (χ0) is 15.0. The van der Waals surface area contributed by atoms with Crippen LogP contribution in [0.25, 0.3) is 0 Å². The molecule has 0 N–H and O–H groups in total. The first-order chi connectivity index (χ1) is 10.9. The zero-order valence-corrected chi connectivity index (χ0v) is 13.1. The van der Waals surface area contributed by atoms with E-state index in [0.717, 1.165) is 13.1 Å². The number of piperazine rings is 1. The van der Waals surface area contributed by atoms with E-state index in [9.17, 15) is 0 Å². The van der Waals surface area contributed by atoms with Crippen LogP contribution in [0.5, 0.6) is 0 Å². The smallest absolute Gasteiger partial charge is 0.137 e. The van der Waals surface area contributed by atoms with Gasteiger partial charge in [-0.15, -0.1) is 0 Å². The molecule has 118 valence electrons. The molecule has 1 fully saturated rings. The van der Waals surface area contributed by atoms with Gasteiger partial charge in [0.1, 0.15) is 12.7 Å². The average Bonchev–Trinajstić information content (AvgIpc) is 3.09. The molecule has 0 spiro atoms. The van der Waals surface area contributed by atoms with Gasteiger partial charge in [-0.1, -0.05) is 30.3 Å². The van der Waals surface area contributed by atoms with E-state index in [4.69, 9.17) is 0 Å². The van der Waals surface area contributed by atoms with Gasteiger partial charge in [-0.25, -0.2) is 4.98 Å². The maximum atomic E-state index is 4.15. The number of hydrogen-bond acceptors (Lipinski definition) is 4. The molecule has 1 aromatic heterocycles. The van der Waals surface area contributed by atoms with Crippen LogP contribution < -0.4 is 0 Å². The van der Waals surface area contributed by atoms with Crippen molar-refractivity contribution in [3.63, 3.8) is 0 Å². The summed E-state index contributed by atoms with van der Waals surface area (Å²) in [6.45, 7) is 7.93. The summed E-state index contributed by atoms with van der Waals surface area (Å²) in [6, 6.07) is 10.8. The van der Waals surface area contributed by atoms with Crippen molar-refractivity contribution in [2.24, 2.45) is 0 Å². The molecule has 1 aliphatic rings. The minimum atomic E-state index is 0.938. The van der Waals surface area contributed by atoms with E-state index >= 15 is 0 Å². The lowest BCUT2D eigenvalue weighted by molar-refractivity contribution is 0.127. The second kappa shape index (κ2) is 8.06. The molecule has 0 saturated carbocycles. The van der Waals surface area contributed by atoms with Crippen molar-refractivity contribution in [3.05, 3.63) is 48.5 Å². The van der Waals surface area contributed by atoms with Crippen molar-refractivity contribution in [3.8, 4) is 0 Å². The highest BCUT2D eigenvalue weighted by atomic mass is 15.3. The SMILES string of the molecule is c1ccc(CCCN2CCN(CCn3cncn3)CC2)cc1.